The summed E-state index contributed by atoms with van der Waals surface area (Å²) in [4.78, 5) is 14.1. The highest BCUT2D eigenvalue weighted by Gasteiger charge is 2.34. The molecule has 144 valence electrons. The summed E-state index contributed by atoms with van der Waals surface area (Å²) in [7, 11) is 0. The Labute approximate surface area is 159 Å². The average molecular weight is 406 g/mol. The number of morpholine rings is 1. The van der Waals surface area contributed by atoms with Crippen molar-refractivity contribution in [3.8, 4) is 0 Å². The molecule has 2 aliphatic heterocycles. The number of rotatable bonds is 4. The first-order valence-corrected chi connectivity index (χ1v) is 10.7. The Balaban J connectivity index is 1.72. The maximum absolute atomic E-state index is 13.5. The molecule has 1 atom stereocenters. The lowest BCUT2D eigenvalue weighted by atomic mass is 10.0. The van der Waals surface area contributed by atoms with Crippen molar-refractivity contribution in [3.63, 3.8) is 0 Å². The lowest BCUT2D eigenvalue weighted by Gasteiger charge is -2.30. The molecule has 0 aliphatic carbocycles. The zero-order valence-electron chi connectivity index (χ0n) is 14.2. The number of nitrogens with one attached hydrogen (secondary N) is 1. The smallest absolute Gasteiger partial charge is 0.378 e. The topological polar surface area (TPSA) is 41.6 Å². The number of carbonyl (C=O) groups is 1. The second-order valence-electron chi connectivity index (χ2n) is 6.09. The van der Waals surface area contributed by atoms with Crippen molar-refractivity contribution in [1.82, 2.24) is 5.32 Å². The molecule has 1 aromatic rings. The number of hydrogen-bond donors (Lipinski definition) is 1. The molecular weight excluding hydrogens is 385 g/mol. The van der Waals surface area contributed by atoms with Crippen LogP contribution in [0.4, 0.5) is 18.9 Å². The second-order valence-corrected chi connectivity index (χ2v) is 8.55. The third-order valence-electron chi connectivity index (χ3n) is 4.34. The van der Waals surface area contributed by atoms with Gasteiger partial charge in [0.25, 0.3) is 0 Å². The highest BCUT2D eigenvalue weighted by molar-refractivity contribution is 8.07. The summed E-state index contributed by atoms with van der Waals surface area (Å²) < 4.78 is 45.8. The van der Waals surface area contributed by atoms with Gasteiger partial charge in [0.2, 0.25) is 5.91 Å². The van der Waals surface area contributed by atoms with Crippen LogP contribution in [0, 0.1) is 0 Å². The first-order valence-electron chi connectivity index (χ1n) is 8.45. The summed E-state index contributed by atoms with van der Waals surface area (Å²) in [6, 6.07) is 4.34. The van der Waals surface area contributed by atoms with Crippen LogP contribution in [0.3, 0.4) is 0 Å². The third kappa shape index (κ3) is 5.01. The molecule has 2 saturated heterocycles. The van der Waals surface area contributed by atoms with Crippen LogP contribution in [-0.4, -0.2) is 54.7 Å². The van der Waals surface area contributed by atoms with Gasteiger partial charge in [-0.2, -0.15) is 24.9 Å². The summed E-state index contributed by atoms with van der Waals surface area (Å²) in [5.41, 5.74) is -0.0567. The zero-order valence-corrected chi connectivity index (χ0v) is 15.8. The summed E-state index contributed by atoms with van der Waals surface area (Å²) >= 11 is 3.26. The van der Waals surface area contributed by atoms with Gasteiger partial charge in [0.05, 0.1) is 24.0 Å². The van der Waals surface area contributed by atoms with E-state index in [-0.39, 0.29) is 23.3 Å². The number of carbonyl (C=O) groups excluding carboxylic acids is 1. The van der Waals surface area contributed by atoms with Crippen LogP contribution in [0.1, 0.15) is 11.1 Å². The highest BCUT2D eigenvalue weighted by atomic mass is 32.2. The normalized spacial score (nSPS) is 21.5. The molecule has 0 saturated carbocycles. The molecule has 0 spiro atoms. The Morgan fingerprint density at radius 2 is 2.04 bits per heavy atom. The monoisotopic (exact) mass is 406 g/mol. The average Bonchev–Trinajstić information content (AvgIpc) is 2.66. The van der Waals surface area contributed by atoms with Gasteiger partial charge in [0.1, 0.15) is 0 Å². The van der Waals surface area contributed by atoms with Crippen molar-refractivity contribution in [3.05, 3.63) is 29.3 Å². The molecule has 4 nitrogen and oxygen atoms in total. The number of halogens is 3. The van der Waals surface area contributed by atoms with Gasteiger partial charge < -0.3 is 15.0 Å². The fourth-order valence-corrected chi connectivity index (χ4v) is 5.52. The molecule has 1 amide bonds. The van der Waals surface area contributed by atoms with Gasteiger partial charge in [0, 0.05) is 42.6 Å². The SMILES string of the molecule is O=C(NCc1ccc(N2CCOCC2)cc1C(F)(F)F)[C@@H]1CSCCS1. The van der Waals surface area contributed by atoms with Crippen LogP contribution in [0.2, 0.25) is 0 Å². The lowest BCUT2D eigenvalue weighted by Crippen LogP contribution is -2.37. The lowest BCUT2D eigenvalue weighted by molar-refractivity contribution is -0.138. The number of thioether (sulfide) groups is 2. The maximum Gasteiger partial charge on any atom is 0.416 e. The molecule has 3 rings (SSSR count). The van der Waals surface area contributed by atoms with Crippen molar-refractivity contribution >= 4 is 35.1 Å². The van der Waals surface area contributed by atoms with Gasteiger partial charge in [-0.3, -0.25) is 4.79 Å². The number of hydrogen-bond acceptors (Lipinski definition) is 5. The van der Waals surface area contributed by atoms with Crippen LogP contribution in [0.5, 0.6) is 0 Å². The number of benzene rings is 1. The summed E-state index contributed by atoms with van der Waals surface area (Å²) in [5, 5.41) is 2.49. The largest absolute Gasteiger partial charge is 0.416 e. The van der Waals surface area contributed by atoms with Gasteiger partial charge in [-0.25, -0.2) is 0 Å². The van der Waals surface area contributed by atoms with E-state index in [1.807, 2.05) is 4.90 Å². The van der Waals surface area contributed by atoms with Crippen LogP contribution in [0.25, 0.3) is 0 Å². The van der Waals surface area contributed by atoms with Crippen molar-refractivity contribution in [2.45, 2.75) is 18.0 Å². The predicted octanol–water partition coefficient (Wildman–Crippen LogP) is 3.01. The van der Waals surface area contributed by atoms with E-state index in [1.165, 1.54) is 12.1 Å². The molecule has 0 radical (unpaired) electrons. The Kier molecular flexibility index (Phi) is 6.63. The predicted molar refractivity (Wildman–Crippen MR) is 99.9 cm³/mol. The molecule has 9 heteroatoms. The maximum atomic E-state index is 13.5. The van der Waals surface area contributed by atoms with E-state index in [0.29, 0.717) is 37.7 Å². The van der Waals surface area contributed by atoms with Crippen molar-refractivity contribution in [2.75, 3.05) is 48.5 Å². The van der Waals surface area contributed by atoms with Crippen LogP contribution >= 0.6 is 23.5 Å². The second kappa shape index (κ2) is 8.75. The first-order chi connectivity index (χ1) is 12.4. The van der Waals surface area contributed by atoms with E-state index in [4.69, 9.17) is 4.74 Å². The van der Waals surface area contributed by atoms with E-state index < -0.39 is 11.7 Å². The van der Waals surface area contributed by atoms with Crippen molar-refractivity contribution < 1.29 is 22.7 Å². The summed E-state index contributed by atoms with van der Waals surface area (Å²) in [5.74, 6) is 2.42. The molecule has 1 aromatic carbocycles. The van der Waals surface area contributed by atoms with E-state index in [0.717, 1.165) is 11.5 Å². The molecule has 1 N–H and O–H groups in total. The molecule has 2 heterocycles. The molecule has 2 aliphatic rings. The molecule has 2 fully saturated rings. The molecule has 26 heavy (non-hydrogen) atoms. The number of amides is 1. The summed E-state index contributed by atoms with van der Waals surface area (Å²) in [6.07, 6.45) is -4.46. The number of anilines is 1. The Hall–Kier alpha value is -1.06. The molecule has 0 bridgehead atoms. The van der Waals surface area contributed by atoms with Crippen molar-refractivity contribution in [1.29, 1.82) is 0 Å². The summed E-state index contributed by atoms with van der Waals surface area (Å²) in [6.45, 7) is 2.05. The standard InChI is InChI=1S/C17H21F3N2O2S2/c18-17(19,20)14-9-13(22-3-5-24-6-4-22)2-1-12(14)10-21-16(23)15-11-25-7-8-26-15/h1-2,9,15H,3-8,10-11H2,(H,21,23)/t15-/m0/s1. The highest BCUT2D eigenvalue weighted by Crippen LogP contribution is 2.35. The third-order valence-corrected chi connectivity index (χ3v) is 7.09. The minimum absolute atomic E-state index is 0.0938. The quantitative estimate of drug-likeness (QED) is 0.833. The van der Waals surface area contributed by atoms with E-state index in [9.17, 15) is 18.0 Å². The number of alkyl halides is 3. The van der Waals surface area contributed by atoms with Gasteiger partial charge in [-0.15, -0.1) is 11.8 Å². The minimum Gasteiger partial charge on any atom is -0.378 e. The zero-order chi connectivity index (χ0) is 18.6. The fourth-order valence-electron chi connectivity index (χ4n) is 2.94. The Morgan fingerprint density at radius 1 is 1.27 bits per heavy atom. The van der Waals surface area contributed by atoms with Gasteiger partial charge >= 0.3 is 6.18 Å². The fraction of sp³-hybridized carbons (Fsp3) is 0.588. The van der Waals surface area contributed by atoms with Crippen LogP contribution in [0.15, 0.2) is 18.2 Å². The van der Waals surface area contributed by atoms with Crippen LogP contribution < -0.4 is 10.2 Å². The van der Waals surface area contributed by atoms with Gasteiger partial charge in [-0.05, 0) is 17.7 Å². The minimum atomic E-state index is -4.46. The number of ether oxygens (including phenoxy) is 1. The van der Waals surface area contributed by atoms with E-state index in [2.05, 4.69) is 5.32 Å². The Bertz CT molecular complexity index is 631. The van der Waals surface area contributed by atoms with Crippen LogP contribution in [-0.2, 0) is 22.3 Å². The van der Waals surface area contributed by atoms with Gasteiger partial charge in [0.15, 0.2) is 0 Å². The molecule has 0 aromatic heterocycles. The Morgan fingerprint density at radius 3 is 2.69 bits per heavy atom. The van der Waals surface area contributed by atoms with Crippen molar-refractivity contribution in [2.24, 2.45) is 0 Å². The first kappa shape index (κ1) is 19.7. The molecular formula is C17H21F3N2O2S2. The van der Waals surface area contributed by atoms with E-state index >= 15 is 0 Å². The van der Waals surface area contributed by atoms with E-state index in [1.54, 1.807) is 29.6 Å². The molecule has 0 unspecified atom stereocenters. The number of nitrogens with zero attached hydrogens (tertiary/aromatic N) is 1. The van der Waals surface area contributed by atoms with Gasteiger partial charge in [-0.1, -0.05) is 6.07 Å².